The monoisotopic (exact) mass is 503 g/mol. The molecule has 4 heteroatoms. The predicted molar refractivity (Wildman–Crippen MR) is 127 cm³/mol. The van der Waals surface area contributed by atoms with E-state index in [0.29, 0.717) is 6.61 Å². The van der Waals surface area contributed by atoms with Crippen molar-refractivity contribution in [1.29, 1.82) is 0 Å². The van der Waals surface area contributed by atoms with Gasteiger partial charge in [0.2, 0.25) is 0 Å². The zero-order chi connectivity index (χ0) is 19.7. The van der Waals surface area contributed by atoms with Crippen LogP contribution in [0.1, 0.15) is 45.2 Å². The Hall–Kier alpha value is -1.40. The van der Waals surface area contributed by atoms with Crippen molar-refractivity contribution in [3.63, 3.8) is 0 Å². The van der Waals surface area contributed by atoms with Gasteiger partial charge in [-0.3, -0.25) is 0 Å². The number of aryl methyl sites for hydroxylation is 4. The molecule has 1 aliphatic rings. The minimum absolute atomic E-state index is 0.672. The molecule has 0 aliphatic heterocycles. The number of nitrogens with zero attached hydrogens (tertiary/aromatic N) is 1. The molecule has 1 heterocycles. The number of benzene rings is 2. The molecular weight excluding hydrogens is 477 g/mol. The smallest absolute Gasteiger partial charge is 0.123 e. The highest BCUT2D eigenvalue weighted by atomic mass is 127. The number of alkyl halides is 1. The van der Waals surface area contributed by atoms with Gasteiger partial charge in [-0.25, -0.2) is 4.98 Å². The summed E-state index contributed by atoms with van der Waals surface area (Å²) in [7, 11) is 0. The van der Waals surface area contributed by atoms with E-state index in [1.165, 1.54) is 50.0 Å². The summed E-state index contributed by atoms with van der Waals surface area (Å²) in [4.78, 5) is 6.19. The first kappa shape index (κ1) is 19.9. The molecule has 28 heavy (non-hydrogen) atoms. The minimum Gasteiger partial charge on any atom is -0.493 e. The third-order valence-corrected chi connectivity index (χ3v) is 7.88. The summed E-state index contributed by atoms with van der Waals surface area (Å²) in [6.45, 7) is 7.14. The normalized spacial score (nSPS) is 15.6. The van der Waals surface area contributed by atoms with E-state index in [4.69, 9.17) is 9.72 Å². The number of fused-ring (bicyclic) bond motifs is 1. The lowest BCUT2D eigenvalue weighted by Gasteiger charge is -2.10. The Kier molecular flexibility index (Phi) is 6.07. The second kappa shape index (κ2) is 8.54. The summed E-state index contributed by atoms with van der Waals surface area (Å²) in [6.07, 6.45) is 3.31. The summed E-state index contributed by atoms with van der Waals surface area (Å²) >= 11 is 4.28. The van der Waals surface area contributed by atoms with Gasteiger partial charge in [0.1, 0.15) is 10.8 Å². The Morgan fingerprint density at radius 2 is 1.96 bits per heavy atom. The average molecular weight is 503 g/mol. The average Bonchev–Trinajstić information content (AvgIpc) is 3.27. The molecule has 0 unspecified atom stereocenters. The van der Waals surface area contributed by atoms with E-state index in [1.54, 1.807) is 11.3 Å². The lowest BCUT2D eigenvalue weighted by Crippen LogP contribution is -2.03. The zero-order valence-corrected chi connectivity index (χ0v) is 19.7. The molecule has 0 fully saturated rings. The van der Waals surface area contributed by atoms with Crippen LogP contribution in [0.5, 0.6) is 5.75 Å². The van der Waals surface area contributed by atoms with Gasteiger partial charge in [-0.15, -0.1) is 11.3 Å². The van der Waals surface area contributed by atoms with Gasteiger partial charge in [0, 0.05) is 21.3 Å². The second-order valence-electron chi connectivity index (χ2n) is 7.67. The Balaban J connectivity index is 1.41. The molecule has 4 rings (SSSR count). The Morgan fingerprint density at radius 3 is 2.75 bits per heavy atom. The molecule has 0 bridgehead atoms. The second-order valence-corrected chi connectivity index (χ2v) is 9.75. The van der Waals surface area contributed by atoms with Crippen molar-refractivity contribution in [1.82, 2.24) is 4.98 Å². The number of thiazole rings is 1. The number of aromatic nitrogens is 1. The summed E-state index contributed by atoms with van der Waals surface area (Å²) < 4.78 is 7.28. The maximum Gasteiger partial charge on any atom is 0.123 e. The van der Waals surface area contributed by atoms with E-state index >= 15 is 0 Å². The van der Waals surface area contributed by atoms with Gasteiger partial charge in [-0.1, -0.05) is 40.8 Å². The molecule has 0 radical (unpaired) electrons. The van der Waals surface area contributed by atoms with Crippen molar-refractivity contribution in [2.75, 3.05) is 11.0 Å². The molecule has 0 amide bonds. The van der Waals surface area contributed by atoms with Crippen molar-refractivity contribution >= 4 is 33.9 Å². The third kappa shape index (κ3) is 4.13. The highest BCUT2D eigenvalue weighted by molar-refractivity contribution is 14.1. The first-order chi connectivity index (χ1) is 13.5. The molecule has 3 aromatic rings. The molecule has 1 atom stereocenters. The van der Waals surface area contributed by atoms with Crippen LogP contribution < -0.4 is 4.74 Å². The number of halogens is 1. The van der Waals surface area contributed by atoms with E-state index in [-0.39, 0.29) is 0 Å². The van der Waals surface area contributed by atoms with E-state index in [1.807, 2.05) is 0 Å². The molecule has 2 nitrogen and oxygen atoms in total. The van der Waals surface area contributed by atoms with E-state index in [2.05, 4.69) is 79.8 Å². The quantitative estimate of drug-likeness (QED) is 0.272. The van der Waals surface area contributed by atoms with Crippen LogP contribution in [0, 0.1) is 20.8 Å². The lowest BCUT2D eigenvalue weighted by molar-refractivity contribution is 0.320. The van der Waals surface area contributed by atoms with Gasteiger partial charge >= 0.3 is 0 Å². The largest absolute Gasteiger partial charge is 0.493 e. The summed E-state index contributed by atoms with van der Waals surface area (Å²) in [5.74, 6) is 1.72. The minimum atomic E-state index is 0.672. The van der Waals surface area contributed by atoms with E-state index < -0.39 is 0 Å². The Bertz CT molecular complexity index is 994. The van der Waals surface area contributed by atoms with E-state index in [9.17, 15) is 0 Å². The molecule has 146 valence electrons. The van der Waals surface area contributed by atoms with Crippen molar-refractivity contribution in [3.05, 3.63) is 69.2 Å². The van der Waals surface area contributed by atoms with Gasteiger partial charge < -0.3 is 4.74 Å². The van der Waals surface area contributed by atoms with Crippen LogP contribution in [-0.2, 0) is 12.8 Å². The molecule has 1 aromatic heterocycles. The molecular formula is C24H26INOS. The summed E-state index contributed by atoms with van der Waals surface area (Å²) in [5.41, 5.74) is 8.01. The van der Waals surface area contributed by atoms with Crippen LogP contribution in [0.25, 0.3) is 10.6 Å². The molecule has 0 spiro atoms. The van der Waals surface area contributed by atoms with Crippen LogP contribution in [-0.4, -0.2) is 16.0 Å². The molecule has 1 aliphatic carbocycles. The third-order valence-electron chi connectivity index (χ3n) is 5.76. The van der Waals surface area contributed by atoms with Crippen molar-refractivity contribution in [3.8, 4) is 16.3 Å². The summed E-state index contributed by atoms with van der Waals surface area (Å²) in [6, 6.07) is 13.2. The Labute approximate surface area is 185 Å². The van der Waals surface area contributed by atoms with Crippen LogP contribution in [0.15, 0.2) is 36.4 Å². The number of ether oxygens (including phenoxy) is 1. The number of hydrogen-bond donors (Lipinski definition) is 0. The van der Waals surface area contributed by atoms with E-state index in [0.717, 1.165) is 28.8 Å². The fourth-order valence-corrected chi connectivity index (χ4v) is 5.73. The molecule has 0 saturated carbocycles. The predicted octanol–water partition coefficient (Wildman–Crippen LogP) is 6.82. The molecule has 2 aromatic carbocycles. The first-order valence-electron chi connectivity index (χ1n) is 9.90. The SMILES string of the molecule is Cc1ccc(-c2nc(CCOc3ccc4c(c3)CC[C@H]4CI)c(C)s2)cc1C. The molecule has 0 N–H and O–H groups in total. The maximum absolute atomic E-state index is 6.07. The van der Waals surface area contributed by atoms with Crippen molar-refractivity contribution < 1.29 is 4.74 Å². The van der Waals surface area contributed by atoms with Crippen molar-refractivity contribution in [2.24, 2.45) is 0 Å². The molecule has 0 saturated heterocycles. The maximum atomic E-state index is 6.07. The number of rotatable bonds is 6. The topological polar surface area (TPSA) is 22.1 Å². The van der Waals surface area contributed by atoms with Gasteiger partial charge in [0.15, 0.2) is 0 Å². The lowest BCUT2D eigenvalue weighted by atomic mass is 10.0. The van der Waals surface area contributed by atoms with Crippen molar-refractivity contribution in [2.45, 2.75) is 46.0 Å². The van der Waals surface area contributed by atoms with Gasteiger partial charge in [-0.05, 0) is 80.0 Å². The zero-order valence-electron chi connectivity index (χ0n) is 16.7. The van der Waals surface area contributed by atoms with Gasteiger partial charge in [0.05, 0.1) is 12.3 Å². The fourth-order valence-electron chi connectivity index (χ4n) is 3.86. The van der Waals surface area contributed by atoms with Crippen LogP contribution in [0.3, 0.4) is 0 Å². The van der Waals surface area contributed by atoms with Crippen LogP contribution in [0.2, 0.25) is 0 Å². The van der Waals surface area contributed by atoms with Gasteiger partial charge in [-0.2, -0.15) is 0 Å². The number of hydrogen-bond acceptors (Lipinski definition) is 3. The highest BCUT2D eigenvalue weighted by Crippen LogP contribution is 2.36. The summed E-state index contributed by atoms with van der Waals surface area (Å²) in [5, 5.41) is 1.11. The first-order valence-corrected chi connectivity index (χ1v) is 12.2. The fraction of sp³-hybridized carbons (Fsp3) is 0.375. The van der Waals surface area contributed by atoms with Gasteiger partial charge in [0.25, 0.3) is 0 Å². The Morgan fingerprint density at radius 1 is 1.11 bits per heavy atom. The standard InChI is InChI=1S/C24H26INOS/c1-15-4-5-19(12-16(15)2)24-26-23(17(3)28-24)10-11-27-21-8-9-22-18(13-21)6-7-20(22)14-25/h4-5,8-9,12-13,20H,6-7,10-11,14H2,1-3H3/t20-/m0/s1. The highest BCUT2D eigenvalue weighted by Gasteiger charge is 2.21. The van der Waals surface area contributed by atoms with Crippen LogP contribution in [0.4, 0.5) is 0 Å². The van der Waals surface area contributed by atoms with Crippen LogP contribution >= 0.6 is 33.9 Å².